The SMILES string of the molecule is [B]c1cc([B])c(O)c(/C(C)=N/NC(=O)c2csc(C)c2)c1. The molecule has 0 unspecified atom stereocenters. The van der Waals surface area contributed by atoms with Gasteiger partial charge in [-0.3, -0.25) is 4.79 Å². The topological polar surface area (TPSA) is 61.7 Å². The molecule has 0 saturated carbocycles. The molecule has 4 nitrogen and oxygen atoms in total. The first kappa shape index (κ1) is 15.4. The molecule has 21 heavy (non-hydrogen) atoms. The Kier molecular flexibility index (Phi) is 4.53. The van der Waals surface area contributed by atoms with Gasteiger partial charge in [-0.15, -0.1) is 11.3 Å². The molecule has 2 N–H and O–H groups in total. The highest BCUT2D eigenvalue weighted by Gasteiger charge is 2.10. The Morgan fingerprint density at radius 3 is 2.67 bits per heavy atom. The molecule has 0 saturated heterocycles. The normalized spacial score (nSPS) is 11.4. The standard InChI is InChI=1S/C14H12B2N2O2S/c1-7-3-9(6-21-7)14(20)18-17-8(2)11-4-10(15)5-12(16)13(11)19/h3-6,19H,1-2H3,(H,18,20)/b17-8+. The second-order valence-electron chi connectivity index (χ2n) is 4.59. The average Bonchev–Trinajstić information content (AvgIpc) is 2.86. The van der Waals surface area contributed by atoms with E-state index in [0.29, 0.717) is 22.3 Å². The maximum atomic E-state index is 11.9. The van der Waals surface area contributed by atoms with Crippen molar-refractivity contribution in [2.24, 2.45) is 5.10 Å². The van der Waals surface area contributed by atoms with Crippen molar-refractivity contribution in [3.05, 3.63) is 39.6 Å². The summed E-state index contributed by atoms with van der Waals surface area (Å²) in [5.74, 6) is -0.416. The largest absolute Gasteiger partial charge is 0.508 e. The van der Waals surface area contributed by atoms with Gasteiger partial charge in [0.1, 0.15) is 21.4 Å². The van der Waals surface area contributed by atoms with Gasteiger partial charge in [0.25, 0.3) is 5.91 Å². The predicted octanol–water partition coefficient (Wildman–Crippen LogP) is 0.504. The van der Waals surface area contributed by atoms with Crippen molar-refractivity contribution in [3.8, 4) is 5.75 Å². The van der Waals surface area contributed by atoms with Gasteiger partial charge in [-0.25, -0.2) is 5.43 Å². The number of hydrogen-bond donors (Lipinski definition) is 2. The quantitative estimate of drug-likeness (QED) is 0.492. The van der Waals surface area contributed by atoms with Gasteiger partial charge in [-0.1, -0.05) is 23.1 Å². The molecule has 7 heteroatoms. The van der Waals surface area contributed by atoms with Crippen molar-refractivity contribution in [2.75, 3.05) is 0 Å². The molecule has 2 rings (SSSR count). The Hall–Kier alpha value is -2.01. The van der Waals surface area contributed by atoms with Crippen molar-refractivity contribution in [3.63, 3.8) is 0 Å². The Morgan fingerprint density at radius 1 is 1.33 bits per heavy atom. The van der Waals surface area contributed by atoms with Crippen LogP contribution in [-0.4, -0.2) is 32.4 Å². The molecular weight excluding hydrogens is 282 g/mol. The van der Waals surface area contributed by atoms with Gasteiger partial charge in [0.2, 0.25) is 0 Å². The number of phenols is 1. The van der Waals surface area contributed by atoms with Gasteiger partial charge in [-0.2, -0.15) is 5.10 Å². The van der Waals surface area contributed by atoms with Crippen LogP contribution >= 0.6 is 11.3 Å². The number of aryl methyl sites for hydroxylation is 1. The Bertz CT molecular complexity index is 726. The minimum Gasteiger partial charge on any atom is -0.508 e. The van der Waals surface area contributed by atoms with Crippen LogP contribution in [0.3, 0.4) is 0 Å². The monoisotopic (exact) mass is 294 g/mol. The van der Waals surface area contributed by atoms with E-state index in [0.717, 1.165) is 4.88 Å². The summed E-state index contributed by atoms with van der Waals surface area (Å²) in [4.78, 5) is 12.9. The van der Waals surface area contributed by atoms with E-state index in [-0.39, 0.29) is 17.1 Å². The average molecular weight is 294 g/mol. The maximum Gasteiger partial charge on any atom is 0.272 e. The zero-order valence-electron chi connectivity index (χ0n) is 11.7. The summed E-state index contributed by atoms with van der Waals surface area (Å²) in [6.07, 6.45) is 0. The summed E-state index contributed by atoms with van der Waals surface area (Å²) >= 11 is 1.49. The molecule has 1 aromatic heterocycles. The molecule has 4 radical (unpaired) electrons. The van der Waals surface area contributed by atoms with Gasteiger partial charge >= 0.3 is 0 Å². The zero-order chi connectivity index (χ0) is 15.6. The fraction of sp³-hybridized carbons (Fsp3) is 0.143. The lowest BCUT2D eigenvalue weighted by molar-refractivity contribution is 0.0955. The predicted molar refractivity (Wildman–Crippen MR) is 87.6 cm³/mol. The van der Waals surface area contributed by atoms with Gasteiger partial charge in [0.15, 0.2) is 0 Å². The molecule has 0 aliphatic rings. The number of thiophene rings is 1. The van der Waals surface area contributed by atoms with Crippen LogP contribution in [0, 0.1) is 6.92 Å². The van der Waals surface area contributed by atoms with Crippen molar-refractivity contribution in [1.82, 2.24) is 5.43 Å². The van der Waals surface area contributed by atoms with Crippen molar-refractivity contribution in [1.29, 1.82) is 0 Å². The smallest absolute Gasteiger partial charge is 0.272 e. The summed E-state index contributed by atoms with van der Waals surface area (Å²) in [5.41, 5.74) is 4.36. The molecule has 0 aliphatic heterocycles. The molecule has 0 atom stereocenters. The summed E-state index contributed by atoms with van der Waals surface area (Å²) in [6.45, 7) is 3.57. The molecule has 1 heterocycles. The molecule has 1 aromatic carbocycles. The van der Waals surface area contributed by atoms with Crippen molar-refractivity contribution < 1.29 is 9.90 Å². The number of hydrogen-bond acceptors (Lipinski definition) is 4. The number of nitrogens with one attached hydrogen (secondary N) is 1. The number of rotatable bonds is 3. The van der Waals surface area contributed by atoms with E-state index in [1.165, 1.54) is 17.4 Å². The molecule has 1 amide bonds. The van der Waals surface area contributed by atoms with Crippen LogP contribution in [-0.2, 0) is 0 Å². The third-order valence-electron chi connectivity index (χ3n) is 2.87. The highest BCUT2D eigenvalue weighted by atomic mass is 32.1. The first-order chi connectivity index (χ1) is 9.88. The minimum absolute atomic E-state index is 0.105. The number of phenolic OH excluding ortho intramolecular Hbond substituents is 1. The van der Waals surface area contributed by atoms with Gasteiger partial charge < -0.3 is 5.11 Å². The van der Waals surface area contributed by atoms with Crippen LogP contribution in [0.4, 0.5) is 0 Å². The number of carbonyl (C=O) groups is 1. The number of nitrogens with zero attached hydrogens (tertiary/aromatic N) is 1. The Balaban J connectivity index is 2.20. The van der Waals surface area contributed by atoms with E-state index in [9.17, 15) is 9.90 Å². The summed E-state index contributed by atoms with van der Waals surface area (Å²) in [6, 6.07) is 4.78. The molecule has 102 valence electrons. The number of aromatic hydroxyl groups is 1. The third kappa shape index (κ3) is 3.55. The molecule has 2 aromatic rings. The van der Waals surface area contributed by atoms with E-state index in [1.807, 2.05) is 6.92 Å². The summed E-state index contributed by atoms with van der Waals surface area (Å²) < 4.78 is 0. The molecule has 0 spiro atoms. The van der Waals surface area contributed by atoms with Crippen LogP contribution in [0.5, 0.6) is 5.75 Å². The first-order valence-corrected chi connectivity index (χ1v) is 7.04. The first-order valence-electron chi connectivity index (χ1n) is 6.16. The zero-order valence-corrected chi connectivity index (χ0v) is 12.5. The van der Waals surface area contributed by atoms with E-state index < -0.39 is 0 Å². The van der Waals surface area contributed by atoms with Gasteiger partial charge in [0.05, 0.1) is 11.3 Å². The van der Waals surface area contributed by atoms with Crippen LogP contribution in [0.2, 0.25) is 0 Å². The molecule has 0 fully saturated rings. The molecule has 0 bridgehead atoms. The number of benzene rings is 1. The van der Waals surface area contributed by atoms with Crippen LogP contribution in [0.1, 0.15) is 27.7 Å². The third-order valence-corrected chi connectivity index (χ3v) is 3.73. The second kappa shape index (κ2) is 6.18. The second-order valence-corrected chi connectivity index (χ2v) is 5.71. The lowest BCUT2D eigenvalue weighted by atomic mass is 9.84. The van der Waals surface area contributed by atoms with Crippen molar-refractivity contribution in [2.45, 2.75) is 13.8 Å². The molecular formula is C14H12B2N2O2S. The number of carbonyl (C=O) groups excluding carboxylic acids is 1. The lowest BCUT2D eigenvalue weighted by Gasteiger charge is -2.09. The van der Waals surface area contributed by atoms with Crippen LogP contribution in [0.15, 0.2) is 28.7 Å². The fourth-order valence-corrected chi connectivity index (χ4v) is 2.46. The number of amides is 1. The van der Waals surface area contributed by atoms with Gasteiger partial charge in [0, 0.05) is 15.8 Å². The molecule has 0 aliphatic carbocycles. The lowest BCUT2D eigenvalue weighted by Crippen LogP contribution is -2.21. The van der Waals surface area contributed by atoms with Gasteiger partial charge in [-0.05, 0) is 19.9 Å². The summed E-state index contributed by atoms with van der Waals surface area (Å²) in [5, 5.41) is 15.6. The fourth-order valence-electron chi connectivity index (χ4n) is 1.78. The summed E-state index contributed by atoms with van der Waals surface area (Å²) in [7, 11) is 11.3. The van der Waals surface area contributed by atoms with E-state index in [4.69, 9.17) is 15.7 Å². The van der Waals surface area contributed by atoms with Crippen molar-refractivity contribution >= 4 is 49.6 Å². The Morgan fingerprint density at radius 2 is 2.05 bits per heavy atom. The highest BCUT2D eigenvalue weighted by Crippen LogP contribution is 2.14. The maximum absolute atomic E-state index is 11.9. The number of hydrazone groups is 1. The minimum atomic E-state index is -0.310. The van der Waals surface area contributed by atoms with E-state index >= 15 is 0 Å². The highest BCUT2D eigenvalue weighted by molar-refractivity contribution is 7.10. The van der Waals surface area contributed by atoms with E-state index in [1.54, 1.807) is 24.4 Å². The Labute approximate surface area is 129 Å². The van der Waals surface area contributed by atoms with Crippen LogP contribution < -0.4 is 16.4 Å². The van der Waals surface area contributed by atoms with Crippen LogP contribution in [0.25, 0.3) is 0 Å². The van der Waals surface area contributed by atoms with E-state index in [2.05, 4.69) is 10.5 Å².